The molecule has 1 saturated carbocycles. The van der Waals surface area contributed by atoms with E-state index in [0.717, 1.165) is 11.4 Å². The van der Waals surface area contributed by atoms with Crippen molar-refractivity contribution < 1.29 is 0 Å². The molecule has 84 valence electrons. The monoisotopic (exact) mass is 218 g/mol. The zero-order valence-electron chi connectivity index (χ0n) is 9.17. The molecule has 3 rings (SSSR count). The Hall–Kier alpha value is -1.85. The molecule has 0 aliphatic heterocycles. The fourth-order valence-corrected chi connectivity index (χ4v) is 1.81. The van der Waals surface area contributed by atoms with Gasteiger partial charge in [0.05, 0.1) is 30.5 Å². The number of aromatic nitrogens is 5. The molecule has 0 unspecified atom stereocenters. The van der Waals surface area contributed by atoms with E-state index in [1.165, 1.54) is 12.8 Å². The predicted octanol–water partition coefficient (Wildman–Crippen LogP) is 0.748. The maximum atomic E-state index is 5.66. The molecule has 0 radical (unpaired) electrons. The molecule has 1 aliphatic rings. The average molecular weight is 218 g/mol. The van der Waals surface area contributed by atoms with Crippen LogP contribution in [-0.4, -0.2) is 24.5 Å². The molecule has 2 aromatic heterocycles. The van der Waals surface area contributed by atoms with E-state index in [2.05, 4.69) is 19.9 Å². The number of hydrogen-bond acceptors (Lipinski definition) is 4. The predicted molar refractivity (Wildman–Crippen MR) is 58.8 cm³/mol. The van der Waals surface area contributed by atoms with Crippen LogP contribution >= 0.6 is 0 Å². The van der Waals surface area contributed by atoms with Crippen LogP contribution in [0, 0.1) is 6.92 Å². The normalized spacial score (nSPS) is 15.6. The molecule has 0 spiro atoms. The van der Waals surface area contributed by atoms with Crippen LogP contribution in [0.4, 0.5) is 5.82 Å². The summed E-state index contributed by atoms with van der Waals surface area (Å²) in [6, 6.07) is 0.638. The van der Waals surface area contributed by atoms with Gasteiger partial charge in [0.15, 0.2) is 5.82 Å². The highest BCUT2D eigenvalue weighted by atomic mass is 15.4. The summed E-state index contributed by atoms with van der Waals surface area (Å²) >= 11 is 0. The Labute approximate surface area is 93.1 Å². The topological polar surface area (TPSA) is 74.6 Å². The van der Waals surface area contributed by atoms with Crippen LogP contribution in [0.3, 0.4) is 0 Å². The first-order valence-electron chi connectivity index (χ1n) is 5.42. The second-order valence-corrected chi connectivity index (χ2v) is 4.24. The van der Waals surface area contributed by atoms with Crippen LogP contribution in [0.25, 0.3) is 0 Å². The second-order valence-electron chi connectivity index (χ2n) is 4.24. The van der Waals surface area contributed by atoms with Crippen molar-refractivity contribution in [2.75, 3.05) is 5.73 Å². The Morgan fingerprint density at radius 1 is 1.50 bits per heavy atom. The maximum Gasteiger partial charge on any atom is 0.168 e. The number of nitrogens with zero attached hydrogens (tertiary/aromatic N) is 5. The van der Waals surface area contributed by atoms with Gasteiger partial charge >= 0.3 is 0 Å². The molecule has 1 aliphatic carbocycles. The molecule has 2 aromatic rings. The first-order valence-corrected chi connectivity index (χ1v) is 5.42. The van der Waals surface area contributed by atoms with E-state index in [-0.39, 0.29) is 0 Å². The van der Waals surface area contributed by atoms with Crippen molar-refractivity contribution in [1.82, 2.24) is 24.5 Å². The molecule has 0 bridgehead atoms. The van der Waals surface area contributed by atoms with Gasteiger partial charge in [-0.05, 0) is 19.8 Å². The quantitative estimate of drug-likeness (QED) is 0.824. The Morgan fingerprint density at radius 2 is 2.31 bits per heavy atom. The number of rotatable bonds is 3. The van der Waals surface area contributed by atoms with Gasteiger partial charge in [0.1, 0.15) is 0 Å². The molecule has 2 heterocycles. The van der Waals surface area contributed by atoms with Crippen LogP contribution in [0.15, 0.2) is 12.5 Å². The standard InChI is InChI=1S/C10H14N6/c1-7-10(11)13-14-16(7)5-9-4-12-6-15(9)8-2-3-8/h4,6,8H,2-3,5,11H2,1H3. The van der Waals surface area contributed by atoms with Crippen molar-refractivity contribution in [2.24, 2.45) is 0 Å². The summed E-state index contributed by atoms with van der Waals surface area (Å²) in [6.45, 7) is 2.61. The Bertz CT molecular complexity index is 507. The van der Waals surface area contributed by atoms with Gasteiger partial charge in [-0.1, -0.05) is 5.21 Å². The van der Waals surface area contributed by atoms with Gasteiger partial charge in [-0.15, -0.1) is 5.10 Å². The Morgan fingerprint density at radius 3 is 2.94 bits per heavy atom. The van der Waals surface area contributed by atoms with Gasteiger partial charge in [0, 0.05) is 6.04 Å². The largest absolute Gasteiger partial charge is 0.381 e. The summed E-state index contributed by atoms with van der Waals surface area (Å²) in [6.07, 6.45) is 6.28. The van der Waals surface area contributed by atoms with E-state index in [4.69, 9.17) is 5.73 Å². The lowest BCUT2D eigenvalue weighted by Crippen LogP contribution is -2.09. The van der Waals surface area contributed by atoms with Gasteiger partial charge in [-0.3, -0.25) is 0 Å². The number of nitrogen functional groups attached to an aromatic ring is 1. The van der Waals surface area contributed by atoms with Gasteiger partial charge in [-0.25, -0.2) is 9.67 Å². The van der Waals surface area contributed by atoms with Crippen molar-refractivity contribution in [1.29, 1.82) is 0 Å². The van der Waals surface area contributed by atoms with E-state index < -0.39 is 0 Å². The first kappa shape index (κ1) is 9.38. The highest BCUT2D eigenvalue weighted by Crippen LogP contribution is 2.35. The molecule has 16 heavy (non-hydrogen) atoms. The van der Waals surface area contributed by atoms with Gasteiger partial charge in [-0.2, -0.15) is 0 Å². The summed E-state index contributed by atoms with van der Waals surface area (Å²) in [5.41, 5.74) is 7.73. The zero-order valence-corrected chi connectivity index (χ0v) is 9.17. The summed E-state index contributed by atoms with van der Waals surface area (Å²) < 4.78 is 4.03. The highest BCUT2D eigenvalue weighted by Gasteiger charge is 2.25. The summed E-state index contributed by atoms with van der Waals surface area (Å²) in [5, 5.41) is 7.86. The second kappa shape index (κ2) is 3.33. The zero-order chi connectivity index (χ0) is 11.1. The SMILES string of the molecule is Cc1c(N)nnn1Cc1cncn1C1CC1. The molecule has 1 fully saturated rings. The maximum absolute atomic E-state index is 5.66. The molecular weight excluding hydrogens is 204 g/mol. The molecule has 2 N–H and O–H groups in total. The average Bonchev–Trinajstić information content (AvgIpc) is 2.95. The van der Waals surface area contributed by atoms with Crippen molar-refractivity contribution in [3.8, 4) is 0 Å². The fraction of sp³-hybridized carbons (Fsp3) is 0.500. The fourth-order valence-electron chi connectivity index (χ4n) is 1.81. The number of imidazole rings is 1. The van der Waals surface area contributed by atoms with Gasteiger partial charge in [0.2, 0.25) is 0 Å². The van der Waals surface area contributed by atoms with E-state index >= 15 is 0 Å². The molecule has 0 aromatic carbocycles. The van der Waals surface area contributed by atoms with Crippen LogP contribution in [0.1, 0.15) is 30.3 Å². The van der Waals surface area contributed by atoms with E-state index in [0.29, 0.717) is 18.4 Å². The van der Waals surface area contributed by atoms with Crippen LogP contribution in [-0.2, 0) is 6.54 Å². The highest BCUT2D eigenvalue weighted by molar-refractivity contribution is 5.31. The van der Waals surface area contributed by atoms with E-state index in [9.17, 15) is 0 Å². The van der Waals surface area contributed by atoms with E-state index in [1.807, 2.05) is 24.1 Å². The van der Waals surface area contributed by atoms with Crippen molar-refractivity contribution in [3.63, 3.8) is 0 Å². The molecule has 0 atom stereocenters. The number of hydrogen-bond donors (Lipinski definition) is 1. The van der Waals surface area contributed by atoms with Crippen LogP contribution in [0.2, 0.25) is 0 Å². The van der Waals surface area contributed by atoms with Crippen LogP contribution < -0.4 is 5.73 Å². The minimum absolute atomic E-state index is 0.498. The minimum atomic E-state index is 0.498. The summed E-state index contributed by atoms with van der Waals surface area (Å²) in [5.74, 6) is 0.498. The molecular formula is C10H14N6. The van der Waals surface area contributed by atoms with Gasteiger partial charge in [0.25, 0.3) is 0 Å². The first-order chi connectivity index (χ1) is 7.75. The Kier molecular flexibility index (Phi) is 1.95. The third kappa shape index (κ3) is 1.46. The lowest BCUT2D eigenvalue weighted by molar-refractivity contribution is 0.586. The smallest absolute Gasteiger partial charge is 0.168 e. The number of nitrogens with two attached hydrogens (primary N) is 1. The third-order valence-electron chi connectivity index (χ3n) is 3.02. The summed E-state index contributed by atoms with van der Waals surface area (Å²) in [7, 11) is 0. The summed E-state index contributed by atoms with van der Waals surface area (Å²) in [4.78, 5) is 4.19. The molecule has 6 heteroatoms. The van der Waals surface area contributed by atoms with Crippen molar-refractivity contribution in [2.45, 2.75) is 32.4 Å². The lowest BCUT2D eigenvalue weighted by atomic mass is 10.4. The molecule has 0 saturated heterocycles. The van der Waals surface area contributed by atoms with Gasteiger partial charge < -0.3 is 10.3 Å². The molecule has 0 amide bonds. The number of anilines is 1. The molecule has 6 nitrogen and oxygen atoms in total. The lowest BCUT2D eigenvalue weighted by Gasteiger charge is -2.07. The minimum Gasteiger partial charge on any atom is -0.381 e. The third-order valence-corrected chi connectivity index (χ3v) is 3.02. The van der Waals surface area contributed by atoms with E-state index in [1.54, 1.807) is 0 Å². The van der Waals surface area contributed by atoms with Crippen LogP contribution in [0.5, 0.6) is 0 Å². The van der Waals surface area contributed by atoms with Crippen molar-refractivity contribution in [3.05, 3.63) is 23.9 Å². The Balaban J connectivity index is 1.88. The van der Waals surface area contributed by atoms with Crippen molar-refractivity contribution >= 4 is 5.82 Å².